The van der Waals surface area contributed by atoms with Crippen LogP contribution in [0, 0.1) is 0 Å². The van der Waals surface area contributed by atoms with Gasteiger partial charge in [0.1, 0.15) is 5.52 Å². The van der Waals surface area contributed by atoms with Crippen molar-refractivity contribution in [2.75, 3.05) is 5.32 Å². The Kier molecular flexibility index (Phi) is 4.09. The van der Waals surface area contributed by atoms with Gasteiger partial charge in [0.05, 0.1) is 0 Å². The van der Waals surface area contributed by atoms with Crippen molar-refractivity contribution >= 4 is 29.5 Å². The van der Waals surface area contributed by atoms with Gasteiger partial charge in [-0.1, -0.05) is 12.1 Å². The van der Waals surface area contributed by atoms with Crippen molar-refractivity contribution in [3.05, 3.63) is 24.3 Å². The Balaban J connectivity index is 0.00000120. The fourth-order valence-corrected chi connectivity index (χ4v) is 2.37. The maximum atomic E-state index is 5.88. The molecule has 5 heteroatoms. The second kappa shape index (κ2) is 5.59. The van der Waals surface area contributed by atoms with Gasteiger partial charge in [-0.15, -0.1) is 12.4 Å². The number of halogens is 1. The van der Waals surface area contributed by atoms with E-state index in [4.69, 9.17) is 10.2 Å². The molecule has 3 rings (SSSR count). The highest BCUT2D eigenvalue weighted by atomic mass is 35.5. The maximum Gasteiger partial charge on any atom is 0.295 e. The highest BCUT2D eigenvalue weighted by Gasteiger charge is 2.19. The number of benzene rings is 1. The minimum atomic E-state index is 0. The van der Waals surface area contributed by atoms with E-state index in [9.17, 15) is 0 Å². The molecular formula is C13H18ClN3O. The first-order valence-electron chi connectivity index (χ1n) is 6.19. The van der Waals surface area contributed by atoms with Crippen molar-refractivity contribution in [2.45, 2.75) is 37.8 Å². The number of rotatable bonds is 2. The number of hydrogen-bond donors (Lipinski definition) is 2. The molecule has 4 nitrogen and oxygen atoms in total. The Morgan fingerprint density at radius 2 is 1.89 bits per heavy atom. The molecule has 1 aromatic carbocycles. The summed E-state index contributed by atoms with van der Waals surface area (Å²) >= 11 is 0. The lowest BCUT2D eigenvalue weighted by Crippen LogP contribution is -2.32. The van der Waals surface area contributed by atoms with Crippen LogP contribution < -0.4 is 11.1 Å². The quantitative estimate of drug-likeness (QED) is 0.878. The van der Waals surface area contributed by atoms with Crippen molar-refractivity contribution in [2.24, 2.45) is 5.73 Å². The van der Waals surface area contributed by atoms with Crippen molar-refractivity contribution < 1.29 is 4.42 Å². The molecule has 1 heterocycles. The van der Waals surface area contributed by atoms with E-state index in [2.05, 4.69) is 10.3 Å². The third-order valence-electron chi connectivity index (χ3n) is 3.39. The summed E-state index contributed by atoms with van der Waals surface area (Å²) in [6.45, 7) is 0. The van der Waals surface area contributed by atoms with Gasteiger partial charge >= 0.3 is 0 Å². The van der Waals surface area contributed by atoms with Gasteiger partial charge in [-0.05, 0) is 37.8 Å². The van der Waals surface area contributed by atoms with Gasteiger partial charge in [-0.3, -0.25) is 0 Å². The molecule has 0 spiro atoms. The second-order valence-corrected chi connectivity index (χ2v) is 4.74. The Morgan fingerprint density at radius 1 is 1.17 bits per heavy atom. The lowest BCUT2D eigenvalue weighted by Gasteiger charge is -2.25. The number of oxazole rings is 1. The van der Waals surface area contributed by atoms with E-state index < -0.39 is 0 Å². The van der Waals surface area contributed by atoms with E-state index in [1.165, 1.54) is 0 Å². The Labute approximate surface area is 112 Å². The molecule has 2 aromatic rings. The Hall–Kier alpha value is -1.26. The van der Waals surface area contributed by atoms with Gasteiger partial charge < -0.3 is 15.5 Å². The first kappa shape index (κ1) is 13.2. The van der Waals surface area contributed by atoms with Gasteiger partial charge in [0.15, 0.2) is 5.58 Å². The molecule has 0 unspecified atom stereocenters. The van der Waals surface area contributed by atoms with Crippen molar-refractivity contribution in [3.8, 4) is 0 Å². The number of nitrogens with zero attached hydrogens (tertiary/aromatic N) is 1. The fraction of sp³-hybridized carbons (Fsp3) is 0.462. The van der Waals surface area contributed by atoms with Gasteiger partial charge in [0.25, 0.3) is 6.01 Å². The van der Waals surface area contributed by atoms with E-state index >= 15 is 0 Å². The van der Waals surface area contributed by atoms with Crippen LogP contribution >= 0.6 is 12.4 Å². The molecule has 1 aliphatic carbocycles. The van der Waals surface area contributed by atoms with Crippen LogP contribution in [0.1, 0.15) is 25.7 Å². The van der Waals surface area contributed by atoms with Gasteiger partial charge in [-0.25, -0.2) is 0 Å². The first-order valence-corrected chi connectivity index (χ1v) is 6.19. The summed E-state index contributed by atoms with van der Waals surface area (Å²) in [5.74, 6) is 0. The minimum Gasteiger partial charge on any atom is -0.424 e. The van der Waals surface area contributed by atoms with Crippen LogP contribution in [-0.4, -0.2) is 17.1 Å². The maximum absolute atomic E-state index is 5.88. The normalized spacial score (nSPS) is 23.6. The second-order valence-electron chi connectivity index (χ2n) is 4.74. The predicted octanol–water partition coefficient (Wildman–Crippen LogP) is 2.93. The number of anilines is 1. The zero-order chi connectivity index (χ0) is 11.7. The fourth-order valence-electron chi connectivity index (χ4n) is 2.37. The Morgan fingerprint density at radius 3 is 2.61 bits per heavy atom. The van der Waals surface area contributed by atoms with Gasteiger partial charge in [0, 0.05) is 12.1 Å². The number of nitrogens with one attached hydrogen (secondary N) is 1. The van der Waals surface area contributed by atoms with Crippen molar-refractivity contribution in [1.29, 1.82) is 0 Å². The third-order valence-corrected chi connectivity index (χ3v) is 3.39. The summed E-state index contributed by atoms with van der Waals surface area (Å²) in [6.07, 6.45) is 4.36. The molecule has 1 fully saturated rings. The number of nitrogens with two attached hydrogens (primary N) is 1. The van der Waals surface area contributed by atoms with Crippen LogP contribution in [0.15, 0.2) is 28.7 Å². The van der Waals surface area contributed by atoms with Crippen LogP contribution in [0.2, 0.25) is 0 Å². The molecule has 0 atom stereocenters. The molecule has 0 saturated heterocycles. The molecule has 0 amide bonds. The summed E-state index contributed by atoms with van der Waals surface area (Å²) in [5.41, 5.74) is 7.63. The molecule has 18 heavy (non-hydrogen) atoms. The average molecular weight is 268 g/mol. The van der Waals surface area contributed by atoms with Crippen LogP contribution in [0.4, 0.5) is 6.01 Å². The zero-order valence-electron chi connectivity index (χ0n) is 10.1. The monoisotopic (exact) mass is 267 g/mol. The summed E-state index contributed by atoms with van der Waals surface area (Å²) in [7, 11) is 0. The molecule has 1 aromatic heterocycles. The largest absolute Gasteiger partial charge is 0.424 e. The first-order chi connectivity index (χ1) is 8.31. The van der Waals surface area contributed by atoms with E-state index in [1.54, 1.807) is 0 Å². The number of aromatic nitrogens is 1. The van der Waals surface area contributed by atoms with Crippen molar-refractivity contribution in [3.63, 3.8) is 0 Å². The zero-order valence-corrected chi connectivity index (χ0v) is 11.0. The predicted molar refractivity (Wildman–Crippen MR) is 75.1 cm³/mol. The SMILES string of the molecule is Cl.NC1CCC(Nc2nc3ccccc3o2)CC1. The Bertz CT molecular complexity index is 473. The highest BCUT2D eigenvalue weighted by molar-refractivity contribution is 5.85. The van der Waals surface area contributed by atoms with Crippen LogP contribution in [0.5, 0.6) is 0 Å². The summed E-state index contributed by atoms with van der Waals surface area (Å²) in [5, 5.41) is 3.36. The highest BCUT2D eigenvalue weighted by Crippen LogP contribution is 2.23. The number of fused-ring (bicyclic) bond motifs is 1. The minimum absolute atomic E-state index is 0. The topological polar surface area (TPSA) is 64.1 Å². The van der Waals surface area contributed by atoms with Crippen LogP contribution in [0.25, 0.3) is 11.1 Å². The van der Waals surface area contributed by atoms with E-state index in [0.29, 0.717) is 18.1 Å². The average Bonchev–Trinajstić information content (AvgIpc) is 2.74. The number of para-hydroxylation sites is 2. The smallest absolute Gasteiger partial charge is 0.295 e. The van der Waals surface area contributed by atoms with Crippen LogP contribution in [-0.2, 0) is 0 Å². The van der Waals surface area contributed by atoms with Gasteiger partial charge in [-0.2, -0.15) is 4.98 Å². The standard InChI is InChI=1S/C13H17N3O.ClH/c14-9-5-7-10(8-6-9)15-13-16-11-3-1-2-4-12(11)17-13;/h1-4,9-10H,5-8,14H2,(H,15,16);1H. The number of hydrogen-bond acceptors (Lipinski definition) is 4. The summed E-state index contributed by atoms with van der Waals surface area (Å²) in [6, 6.07) is 9.27. The molecule has 1 saturated carbocycles. The van der Waals surface area contributed by atoms with Gasteiger partial charge in [0.2, 0.25) is 0 Å². The van der Waals surface area contributed by atoms with Crippen molar-refractivity contribution in [1.82, 2.24) is 4.98 Å². The molecule has 1 aliphatic rings. The van der Waals surface area contributed by atoms with E-state index in [1.807, 2.05) is 24.3 Å². The molecule has 98 valence electrons. The molecule has 3 N–H and O–H groups in total. The molecule has 0 aliphatic heterocycles. The van der Waals surface area contributed by atoms with E-state index in [-0.39, 0.29) is 12.4 Å². The summed E-state index contributed by atoms with van der Waals surface area (Å²) < 4.78 is 5.64. The molecular weight excluding hydrogens is 250 g/mol. The lowest BCUT2D eigenvalue weighted by atomic mass is 9.92. The van der Waals surface area contributed by atoms with E-state index in [0.717, 1.165) is 36.8 Å². The third kappa shape index (κ3) is 2.76. The van der Waals surface area contributed by atoms with Crippen LogP contribution in [0.3, 0.4) is 0 Å². The lowest BCUT2D eigenvalue weighted by molar-refractivity contribution is 0.404. The molecule has 0 radical (unpaired) electrons. The summed E-state index contributed by atoms with van der Waals surface area (Å²) in [4.78, 5) is 4.42. The molecule has 0 bridgehead atoms.